The van der Waals surface area contributed by atoms with Crippen molar-refractivity contribution in [1.82, 2.24) is 4.90 Å². The van der Waals surface area contributed by atoms with Gasteiger partial charge in [-0.05, 0) is 56.9 Å². The lowest BCUT2D eigenvalue weighted by molar-refractivity contribution is -0.00369. The third kappa shape index (κ3) is 3.23. The van der Waals surface area contributed by atoms with Crippen LogP contribution < -0.4 is 0 Å². The summed E-state index contributed by atoms with van der Waals surface area (Å²) in [6, 6.07) is 0.414. The summed E-state index contributed by atoms with van der Waals surface area (Å²) >= 11 is 0. The molecule has 100 valence electrons. The molecule has 2 aliphatic rings. The van der Waals surface area contributed by atoms with Crippen molar-refractivity contribution in [1.29, 1.82) is 0 Å². The lowest BCUT2D eigenvalue weighted by atomic mass is 9.77. The first kappa shape index (κ1) is 13.4. The van der Waals surface area contributed by atoms with Crippen molar-refractivity contribution in [2.24, 2.45) is 17.8 Å². The molecule has 0 heterocycles. The Bertz CT molecular complexity index is 237. The minimum Gasteiger partial charge on any atom is -0.391 e. The van der Waals surface area contributed by atoms with E-state index < -0.39 is 0 Å². The van der Waals surface area contributed by atoms with Gasteiger partial charge in [0.25, 0.3) is 0 Å². The Kier molecular flexibility index (Phi) is 4.48. The Morgan fingerprint density at radius 1 is 1.18 bits per heavy atom. The first-order valence-corrected chi connectivity index (χ1v) is 7.46. The SMILES string of the molecule is CC(C)C1CCC(O)C(N(C)CC2CCC2)C1. The zero-order valence-electron chi connectivity index (χ0n) is 11.7. The molecule has 2 rings (SSSR count). The molecule has 0 radical (unpaired) electrons. The molecule has 2 fully saturated rings. The number of likely N-dealkylation sites (N-methyl/N-ethyl adjacent to an activating group) is 1. The Morgan fingerprint density at radius 2 is 1.88 bits per heavy atom. The van der Waals surface area contributed by atoms with Gasteiger partial charge in [-0.2, -0.15) is 0 Å². The number of aliphatic hydroxyl groups is 1. The summed E-state index contributed by atoms with van der Waals surface area (Å²) in [6.45, 7) is 5.85. The summed E-state index contributed by atoms with van der Waals surface area (Å²) in [5.41, 5.74) is 0. The second-order valence-corrected chi connectivity index (χ2v) is 6.69. The lowest BCUT2D eigenvalue weighted by Crippen LogP contribution is -2.48. The van der Waals surface area contributed by atoms with Gasteiger partial charge in [0.05, 0.1) is 6.10 Å². The minimum atomic E-state index is -0.0879. The summed E-state index contributed by atoms with van der Waals surface area (Å²) in [7, 11) is 2.22. The van der Waals surface area contributed by atoms with Crippen LogP contribution in [0.5, 0.6) is 0 Å². The van der Waals surface area contributed by atoms with Crippen LogP contribution in [0.2, 0.25) is 0 Å². The summed E-state index contributed by atoms with van der Waals surface area (Å²) in [5, 5.41) is 10.2. The summed E-state index contributed by atoms with van der Waals surface area (Å²) in [5.74, 6) is 2.49. The molecule has 0 aliphatic heterocycles. The van der Waals surface area contributed by atoms with Gasteiger partial charge in [-0.25, -0.2) is 0 Å². The Labute approximate surface area is 106 Å². The van der Waals surface area contributed by atoms with Gasteiger partial charge < -0.3 is 10.0 Å². The van der Waals surface area contributed by atoms with Gasteiger partial charge in [0.2, 0.25) is 0 Å². The predicted octanol–water partition coefficient (Wildman–Crippen LogP) is 2.90. The van der Waals surface area contributed by atoms with Crippen molar-refractivity contribution in [2.45, 2.75) is 64.5 Å². The molecule has 0 bridgehead atoms. The fourth-order valence-corrected chi connectivity index (χ4v) is 3.46. The summed E-state index contributed by atoms with van der Waals surface area (Å²) in [6.07, 6.45) is 7.55. The van der Waals surface area contributed by atoms with Crippen LogP contribution in [-0.4, -0.2) is 35.7 Å². The van der Waals surface area contributed by atoms with Gasteiger partial charge in [-0.3, -0.25) is 0 Å². The third-order valence-corrected chi connectivity index (χ3v) is 5.10. The first-order chi connectivity index (χ1) is 8.08. The smallest absolute Gasteiger partial charge is 0.0695 e. The van der Waals surface area contributed by atoms with Crippen molar-refractivity contribution >= 4 is 0 Å². The van der Waals surface area contributed by atoms with Crippen molar-refractivity contribution < 1.29 is 5.11 Å². The van der Waals surface area contributed by atoms with E-state index in [1.165, 1.54) is 38.6 Å². The molecule has 3 unspecified atom stereocenters. The van der Waals surface area contributed by atoms with Crippen molar-refractivity contribution in [3.8, 4) is 0 Å². The van der Waals surface area contributed by atoms with Crippen LogP contribution in [0.1, 0.15) is 52.4 Å². The Morgan fingerprint density at radius 3 is 2.41 bits per heavy atom. The highest BCUT2D eigenvalue weighted by molar-refractivity contribution is 4.88. The molecule has 2 aliphatic carbocycles. The van der Waals surface area contributed by atoms with Gasteiger partial charge in [-0.15, -0.1) is 0 Å². The number of rotatable bonds is 4. The maximum Gasteiger partial charge on any atom is 0.0695 e. The maximum atomic E-state index is 10.2. The van der Waals surface area contributed by atoms with E-state index in [4.69, 9.17) is 0 Å². The highest BCUT2D eigenvalue weighted by Crippen LogP contribution is 2.34. The summed E-state index contributed by atoms with van der Waals surface area (Å²) < 4.78 is 0. The van der Waals surface area contributed by atoms with E-state index in [1.54, 1.807) is 0 Å². The predicted molar refractivity (Wildman–Crippen MR) is 71.9 cm³/mol. The van der Waals surface area contributed by atoms with Gasteiger partial charge in [-0.1, -0.05) is 20.3 Å². The highest BCUT2D eigenvalue weighted by Gasteiger charge is 2.34. The van der Waals surface area contributed by atoms with E-state index in [9.17, 15) is 5.11 Å². The fourth-order valence-electron chi connectivity index (χ4n) is 3.46. The zero-order chi connectivity index (χ0) is 12.4. The highest BCUT2D eigenvalue weighted by atomic mass is 16.3. The number of nitrogens with zero attached hydrogens (tertiary/aromatic N) is 1. The topological polar surface area (TPSA) is 23.5 Å². The average Bonchev–Trinajstić information content (AvgIpc) is 2.23. The van der Waals surface area contributed by atoms with Gasteiger partial charge in [0.1, 0.15) is 0 Å². The van der Waals surface area contributed by atoms with Gasteiger partial charge in [0, 0.05) is 12.6 Å². The van der Waals surface area contributed by atoms with E-state index in [0.717, 1.165) is 24.2 Å². The van der Waals surface area contributed by atoms with E-state index in [2.05, 4.69) is 25.8 Å². The maximum absolute atomic E-state index is 10.2. The zero-order valence-corrected chi connectivity index (χ0v) is 11.7. The first-order valence-electron chi connectivity index (χ1n) is 7.46. The number of hydrogen-bond acceptors (Lipinski definition) is 2. The Hall–Kier alpha value is -0.0800. The van der Waals surface area contributed by atoms with Gasteiger partial charge >= 0.3 is 0 Å². The van der Waals surface area contributed by atoms with E-state index in [0.29, 0.717) is 6.04 Å². The summed E-state index contributed by atoms with van der Waals surface area (Å²) in [4.78, 5) is 2.45. The van der Waals surface area contributed by atoms with Crippen LogP contribution >= 0.6 is 0 Å². The molecule has 0 aromatic rings. The largest absolute Gasteiger partial charge is 0.391 e. The standard InChI is InChI=1S/C15H29NO/c1-11(2)13-7-8-15(17)14(9-13)16(3)10-12-5-4-6-12/h11-15,17H,4-10H2,1-3H3. The van der Waals surface area contributed by atoms with Crippen LogP contribution in [0.15, 0.2) is 0 Å². The van der Waals surface area contributed by atoms with E-state index in [1.807, 2.05) is 0 Å². The molecule has 0 aromatic heterocycles. The molecule has 0 saturated heterocycles. The van der Waals surface area contributed by atoms with Gasteiger partial charge in [0.15, 0.2) is 0 Å². The molecule has 0 amide bonds. The second kappa shape index (κ2) is 5.71. The molecule has 0 spiro atoms. The van der Waals surface area contributed by atoms with Crippen molar-refractivity contribution in [2.75, 3.05) is 13.6 Å². The molecular formula is C15H29NO. The number of hydrogen-bond donors (Lipinski definition) is 1. The molecule has 2 heteroatoms. The van der Waals surface area contributed by atoms with Crippen LogP contribution in [-0.2, 0) is 0 Å². The molecule has 2 nitrogen and oxygen atoms in total. The average molecular weight is 239 g/mol. The van der Waals surface area contributed by atoms with Crippen LogP contribution in [0.25, 0.3) is 0 Å². The van der Waals surface area contributed by atoms with Crippen molar-refractivity contribution in [3.05, 3.63) is 0 Å². The van der Waals surface area contributed by atoms with Crippen LogP contribution in [0, 0.1) is 17.8 Å². The van der Waals surface area contributed by atoms with E-state index >= 15 is 0 Å². The monoisotopic (exact) mass is 239 g/mol. The number of aliphatic hydroxyl groups excluding tert-OH is 1. The molecule has 2 saturated carbocycles. The molecule has 1 N–H and O–H groups in total. The normalized spacial score (nSPS) is 35.3. The quantitative estimate of drug-likeness (QED) is 0.815. The van der Waals surface area contributed by atoms with Crippen molar-refractivity contribution in [3.63, 3.8) is 0 Å². The molecule has 3 atom stereocenters. The van der Waals surface area contributed by atoms with E-state index in [-0.39, 0.29) is 6.10 Å². The lowest BCUT2D eigenvalue weighted by Gasteiger charge is -2.42. The minimum absolute atomic E-state index is 0.0879. The van der Waals surface area contributed by atoms with Crippen LogP contribution in [0.4, 0.5) is 0 Å². The third-order valence-electron chi connectivity index (χ3n) is 5.10. The molecule has 0 aromatic carbocycles. The van der Waals surface area contributed by atoms with Crippen LogP contribution in [0.3, 0.4) is 0 Å². The fraction of sp³-hybridized carbons (Fsp3) is 1.00. The molecular weight excluding hydrogens is 210 g/mol. The Balaban J connectivity index is 1.87. The second-order valence-electron chi connectivity index (χ2n) is 6.69. The molecule has 17 heavy (non-hydrogen) atoms.